The summed E-state index contributed by atoms with van der Waals surface area (Å²) in [5.74, 6) is 0.686. The molecular formula is C12H16ClN. The first-order valence-electron chi connectivity index (χ1n) is 4.86. The van der Waals surface area contributed by atoms with Crippen molar-refractivity contribution in [3.05, 3.63) is 42.0 Å². The Labute approximate surface area is 90.8 Å². The summed E-state index contributed by atoms with van der Waals surface area (Å²) in [5.41, 5.74) is 2.44. The fraction of sp³-hybridized carbons (Fsp3) is 0.333. The minimum absolute atomic E-state index is 0.686. The summed E-state index contributed by atoms with van der Waals surface area (Å²) in [7, 11) is 0. The molecule has 76 valence electrons. The minimum atomic E-state index is 0.686. The van der Waals surface area contributed by atoms with Gasteiger partial charge in [0.1, 0.15) is 0 Å². The van der Waals surface area contributed by atoms with Gasteiger partial charge in [0.2, 0.25) is 0 Å². The maximum Gasteiger partial charge on any atom is 0.0342 e. The summed E-state index contributed by atoms with van der Waals surface area (Å²) in [6.45, 7) is 2.90. The first kappa shape index (κ1) is 11.1. The van der Waals surface area contributed by atoms with Crippen molar-refractivity contribution in [1.82, 2.24) is 0 Å². The third kappa shape index (κ3) is 3.84. The summed E-state index contributed by atoms with van der Waals surface area (Å²) >= 11 is 5.65. The molecule has 0 atom stereocenters. The van der Waals surface area contributed by atoms with Gasteiger partial charge in [-0.25, -0.2) is 0 Å². The molecule has 0 spiro atoms. The predicted octanol–water partition coefficient (Wildman–Crippen LogP) is 3.46. The summed E-state index contributed by atoms with van der Waals surface area (Å²) in [5, 5.41) is 3.30. The van der Waals surface area contributed by atoms with Gasteiger partial charge in [-0.15, -0.1) is 11.6 Å². The van der Waals surface area contributed by atoms with Crippen LogP contribution in [0.2, 0.25) is 0 Å². The third-order valence-corrected chi connectivity index (χ3v) is 2.19. The average molecular weight is 210 g/mol. The molecule has 2 heteroatoms. The predicted molar refractivity (Wildman–Crippen MR) is 64.2 cm³/mol. The zero-order valence-electron chi connectivity index (χ0n) is 8.46. The number of hydrogen-bond donors (Lipinski definition) is 1. The van der Waals surface area contributed by atoms with Crippen LogP contribution in [0.1, 0.15) is 12.5 Å². The average Bonchev–Trinajstić information content (AvgIpc) is 2.21. The molecule has 0 heterocycles. The van der Waals surface area contributed by atoms with E-state index < -0.39 is 0 Å². The Hall–Kier alpha value is -0.950. The van der Waals surface area contributed by atoms with Crippen LogP contribution in [0.25, 0.3) is 0 Å². The van der Waals surface area contributed by atoms with Crippen molar-refractivity contribution in [3.8, 4) is 0 Å². The van der Waals surface area contributed by atoms with Crippen LogP contribution in [0.15, 0.2) is 36.4 Å². The summed E-state index contributed by atoms with van der Waals surface area (Å²) in [6, 6.07) is 8.40. The second-order valence-corrected chi connectivity index (χ2v) is 3.46. The van der Waals surface area contributed by atoms with Gasteiger partial charge in [-0.2, -0.15) is 0 Å². The zero-order chi connectivity index (χ0) is 10.2. The van der Waals surface area contributed by atoms with Crippen LogP contribution in [-0.4, -0.2) is 12.4 Å². The van der Waals surface area contributed by atoms with Crippen molar-refractivity contribution >= 4 is 17.3 Å². The second-order valence-electron chi connectivity index (χ2n) is 3.09. The van der Waals surface area contributed by atoms with Gasteiger partial charge in [0.05, 0.1) is 0 Å². The smallest absolute Gasteiger partial charge is 0.0342 e. The lowest BCUT2D eigenvalue weighted by atomic mass is 10.1. The molecule has 1 aromatic carbocycles. The molecule has 0 aliphatic heterocycles. The van der Waals surface area contributed by atoms with Gasteiger partial charge in [0, 0.05) is 18.1 Å². The van der Waals surface area contributed by atoms with Crippen molar-refractivity contribution in [2.24, 2.45) is 0 Å². The summed E-state index contributed by atoms with van der Waals surface area (Å²) in [6.07, 6.45) is 5.07. The van der Waals surface area contributed by atoms with Crippen molar-refractivity contribution in [2.45, 2.75) is 13.3 Å². The van der Waals surface area contributed by atoms with E-state index >= 15 is 0 Å². The molecule has 0 fully saturated rings. The number of benzene rings is 1. The van der Waals surface area contributed by atoms with E-state index in [0.717, 1.165) is 18.7 Å². The Kier molecular flexibility index (Phi) is 5.16. The van der Waals surface area contributed by atoms with E-state index in [9.17, 15) is 0 Å². The SMILES string of the molecule is C/C=C/CNc1ccc(CCCl)cc1. The molecule has 0 amide bonds. The van der Waals surface area contributed by atoms with E-state index in [0.29, 0.717) is 5.88 Å². The van der Waals surface area contributed by atoms with Gasteiger partial charge in [-0.1, -0.05) is 24.3 Å². The van der Waals surface area contributed by atoms with Crippen molar-refractivity contribution < 1.29 is 0 Å². The van der Waals surface area contributed by atoms with Crippen LogP contribution < -0.4 is 5.32 Å². The minimum Gasteiger partial charge on any atom is -0.382 e. The van der Waals surface area contributed by atoms with Crippen molar-refractivity contribution in [1.29, 1.82) is 0 Å². The summed E-state index contributed by atoms with van der Waals surface area (Å²) in [4.78, 5) is 0. The highest BCUT2D eigenvalue weighted by molar-refractivity contribution is 6.17. The lowest BCUT2D eigenvalue weighted by Crippen LogP contribution is -1.97. The number of rotatable bonds is 5. The number of anilines is 1. The molecule has 1 N–H and O–H groups in total. The fourth-order valence-corrected chi connectivity index (χ4v) is 1.41. The number of aryl methyl sites for hydroxylation is 1. The molecule has 0 saturated heterocycles. The highest BCUT2D eigenvalue weighted by Gasteiger charge is 1.92. The number of nitrogens with one attached hydrogen (secondary N) is 1. The molecule has 0 unspecified atom stereocenters. The molecule has 0 radical (unpaired) electrons. The molecular weight excluding hydrogens is 194 g/mol. The van der Waals surface area contributed by atoms with Gasteiger partial charge in [-0.05, 0) is 31.0 Å². The Morgan fingerprint density at radius 3 is 2.57 bits per heavy atom. The van der Waals surface area contributed by atoms with Crippen LogP contribution >= 0.6 is 11.6 Å². The number of halogens is 1. The number of allylic oxidation sites excluding steroid dienone is 1. The van der Waals surface area contributed by atoms with E-state index in [-0.39, 0.29) is 0 Å². The largest absolute Gasteiger partial charge is 0.382 e. The normalized spacial score (nSPS) is 10.7. The van der Waals surface area contributed by atoms with Gasteiger partial charge in [0.25, 0.3) is 0 Å². The monoisotopic (exact) mass is 209 g/mol. The standard InChI is InChI=1S/C12H16ClN/c1-2-3-10-14-12-6-4-11(5-7-12)8-9-13/h2-7,14H,8-10H2,1H3/b3-2+. The highest BCUT2D eigenvalue weighted by atomic mass is 35.5. The number of hydrogen-bond acceptors (Lipinski definition) is 1. The van der Waals surface area contributed by atoms with Crippen LogP contribution in [0, 0.1) is 0 Å². The van der Waals surface area contributed by atoms with Crippen LogP contribution in [0.3, 0.4) is 0 Å². The first-order valence-corrected chi connectivity index (χ1v) is 5.40. The van der Waals surface area contributed by atoms with E-state index in [1.807, 2.05) is 13.0 Å². The van der Waals surface area contributed by atoms with Gasteiger partial charge in [0.15, 0.2) is 0 Å². The Bertz CT molecular complexity index is 277. The molecule has 1 nitrogen and oxygen atoms in total. The molecule has 0 bridgehead atoms. The van der Waals surface area contributed by atoms with E-state index in [2.05, 4.69) is 35.7 Å². The zero-order valence-corrected chi connectivity index (χ0v) is 9.22. The number of alkyl halides is 1. The Balaban J connectivity index is 2.46. The molecule has 14 heavy (non-hydrogen) atoms. The molecule has 0 aliphatic rings. The molecule has 1 rings (SSSR count). The topological polar surface area (TPSA) is 12.0 Å². The summed E-state index contributed by atoms with van der Waals surface area (Å²) < 4.78 is 0. The Morgan fingerprint density at radius 2 is 2.00 bits per heavy atom. The lowest BCUT2D eigenvalue weighted by Gasteiger charge is -2.04. The molecule has 0 saturated carbocycles. The maximum absolute atomic E-state index is 5.65. The maximum atomic E-state index is 5.65. The van der Waals surface area contributed by atoms with Crippen LogP contribution in [-0.2, 0) is 6.42 Å². The lowest BCUT2D eigenvalue weighted by molar-refractivity contribution is 1.15. The van der Waals surface area contributed by atoms with Gasteiger partial charge < -0.3 is 5.32 Å². The van der Waals surface area contributed by atoms with E-state index in [1.165, 1.54) is 5.56 Å². The molecule has 0 aromatic heterocycles. The van der Waals surface area contributed by atoms with Crippen molar-refractivity contribution in [3.63, 3.8) is 0 Å². The van der Waals surface area contributed by atoms with Gasteiger partial charge >= 0.3 is 0 Å². The van der Waals surface area contributed by atoms with Gasteiger partial charge in [-0.3, -0.25) is 0 Å². The highest BCUT2D eigenvalue weighted by Crippen LogP contribution is 2.10. The first-order chi connectivity index (χ1) is 6.86. The van der Waals surface area contributed by atoms with E-state index in [1.54, 1.807) is 0 Å². The third-order valence-electron chi connectivity index (χ3n) is 2.00. The van der Waals surface area contributed by atoms with Crippen LogP contribution in [0.4, 0.5) is 5.69 Å². The molecule has 0 aliphatic carbocycles. The quantitative estimate of drug-likeness (QED) is 0.579. The Morgan fingerprint density at radius 1 is 1.29 bits per heavy atom. The molecule has 1 aromatic rings. The van der Waals surface area contributed by atoms with Crippen molar-refractivity contribution in [2.75, 3.05) is 17.7 Å². The van der Waals surface area contributed by atoms with Crippen LogP contribution in [0.5, 0.6) is 0 Å². The fourth-order valence-electron chi connectivity index (χ4n) is 1.19. The van der Waals surface area contributed by atoms with E-state index in [4.69, 9.17) is 11.6 Å². The second kappa shape index (κ2) is 6.50.